The van der Waals surface area contributed by atoms with Crippen LogP contribution in [0.25, 0.3) is 0 Å². The van der Waals surface area contributed by atoms with Crippen molar-refractivity contribution in [1.29, 1.82) is 0 Å². The Hall–Kier alpha value is -1.16. The van der Waals surface area contributed by atoms with Gasteiger partial charge in [-0.25, -0.2) is 0 Å². The lowest BCUT2D eigenvalue weighted by Gasteiger charge is -2.14. The van der Waals surface area contributed by atoms with Crippen LogP contribution in [0.4, 0.5) is 0 Å². The van der Waals surface area contributed by atoms with Gasteiger partial charge in [0.2, 0.25) is 0 Å². The Balaban J connectivity index is 2.30. The molecule has 0 saturated carbocycles. The molecule has 0 aromatic carbocycles. The number of hydrogen-bond acceptors (Lipinski definition) is 3. The van der Waals surface area contributed by atoms with Crippen molar-refractivity contribution in [2.24, 2.45) is 5.92 Å². The van der Waals surface area contributed by atoms with Crippen LogP contribution in [-0.2, 0) is 14.3 Å². The minimum atomic E-state index is -0.297. The third kappa shape index (κ3) is 2.66. The van der Waals surface area contributed by atoms with E-state index in [9.17, 15) is 9.59 Å². The molecule has 1 rings (SSSR count). The maximum Gasteiger partial charge on any atom is 0.255 e. The van der Waals surface area contributed by atoms with E-state index in [1.807, 2.05) is 13.8 Å². The van der Waals surface area contributed by atoms with Crippen molar-refractivity contribution in [2.75, 3.05) is 13.3 Å². The number of nitrogens with zero attached hydrogens (tertiary/aromatic N) is 1. The summed E-state index contributed by atoms with van der Waals surface area (Å²) in [5.41, 5.74) is 0. The molecule has 0 bridgehead atoms. The van der Waals surface area contributed by atoms with Crippen LogP contribution in [0.1, 0.15) is 13.8 Å². The molecule has 0 aromatic heterocycles. The molecule has 0 aromatic rings. The highest BCUT2D eigenvalue weighted by Gasteiger charge is 2.22. The monoisotopic (exact) mass is 183 g/mol. The summed E-state index contributed by atoms with van der Waals surface area (Å²) in [7, 11) is 0. The first-order valence-corrected chi connectivity index (χ1v) is 4.22. The van der Waals surface area contributed by atoms with Crippen LogP contribution in [0, 0.1) is 5.92 Å². The number of hydrogen-bond donors (Lipinski definition) is 0. The summed E-state index contributed by atoms with van der Waals surface area (Å²) in [6, 6.07) is 0. The molecule has 0 saturated heterocycles. The fraction of sp³-hybridized carbons (Fsp3) is 0.556. The van der Waals surface area contributed by atoms with Crippen LogP contribution in [0.3, 0.4) is 0 Å². The van der Waals surface area contributed by atoms with E-state index < -0.39 is 0 Å². The average Bonchev–Trinajstić information content (AvgIpc) is 2.34. The van der Waals surface area contributed by atoms with Gasteiger partial charge in [-0.15, -0.1) is 0 Å². The smallest absolute Gasteiger partial charge is 0.255 e. The predicted octanol–water partition coefficient (Wildman–Crippen LogP) is 0.541. The van der Waals surface area contributed by atoms with Gasteiger partial charge in [0.1, 0.15) is 6.73 Å². The molecule has 13 heavy (non-hydrogen) atoms. The molecule has 0 fully saturated rings. The van der Waals surface area contributed by atoms with Crippen molar-refractivity contribution in [3.05, 3.63) is 12.2 Å². The van der Waals surface area contributed by atoms with E-state index in [2.05, 4.69) is 0 Å². The first-order chi connectivity index (χ1) is 6.11. The minimum Gasteiger partial charge on any atom is -0.360 e. The van der Waals surface area contributed by atoms with E-state index in [1.165, 1.54) is 12.2 Å². The van der Waals surface area contributed by atoms with Gasteiger partial charge in [-0.2, -0.15) is 0 Å². The van der Waals surface area contributed by atoms with Gasteiger partial charge in [-0.05, 0) is 5.92 Å². The maximum absolute atomic E-state index is 11.0. The van der Waals surface area contributed by atoms with E-state index >= 15 is 0 Å². The lowest BCUT2D eigenvalue weighted by molar-refractivity contribution is -0.143. The molecule has 0 unspecified atom stereocenters. The standard InChI is InChI=1S/C9H13NO3/c1-7(2)5-13-6-10-8(11)3-4-9(10)12/h3-4,7H,5-6H2,1-2H3. The fourth-order valence-corrected chi connectivity index (χ4v) is 0.938. The Labute approximate surface area is 77.2 Å². The SMILES string of the molecule is CC(C)COCN1C(=O)C=CC1=O. The first-order valence-electron chi connectivity index (χ1n) is 4.22. The normalized spacial score (nSPS) is 16.4. The predicted molar refractivity (Wildman–Crippen MR) is 46.7 cm³/mol. The van der Waals surface area contributed by atoms with Crippen molar-refractivity contribution >= 4 is 11.8 Å². The van der Waals surface area contributed by atoms with Gasteiger partial charge in [0.05, 0.1) is 6.61 Å². The van der Waals surface area contributed by atoms with Crippen LogP contribution in [0.5, 0.6) is 0 Å². The number of carbonyl (C=O) groups is 2. The molecular formula is C9H13NO3. The Kier molecular flexibility index (Phi) is 3.19. The maximum atomic E-state index is 11.0. The number of ether oxygens (including phenoxy) is 1. The first kappa shape index (κ1) is 9.92. The van der Waals surface area contributed by atoms with Crippen LogP contribution in [0.2, 0.25) is 0 Å². The summed E-state index contributed by atoms with van der Waals surface area (Å²) < 4.78 is 5.16. The zero-order valence-electron chi connectivity index (χ0n) is 7.82. The highest BCUT2D eigenvalue weighted by atomic mass is 16.5. The second-order valence-electron chi connectivity index (χ2n) is 3.33. The van der Waals surface area contributed by atoms with E-state index in [1.54, 1.807) is 0 Å². The quantitative estimate of drug-likeness (QED) is 0.598. The molecule has 72 valence electrons. The van der Waals surface area contributed by atoms with Gasteiger partial charge >= 0.3 is 0 Å². The summed E-state index contributed by atoms with van der Waals surface area (Å²) in [4.78, 5) is 23.1. The van der Waals surface area contributed by atoms with Gasteiger partial charge in [-0.1, -0.05) is 13.8 Å². The van der Waals surface area contributed by atoms with E-state index in [-0.39, 0.29) is 18.5 Å². The summed E-state index contributed by atoms with van der Waals surface area (Å²) in [6.45, 7) is 4.62. The van der Waals surface area contributed by atoms with E-state index in [0.29, 0.717) is 12.5 Å². The molecule has 4 heteroatoms. The number of carbonyl (C=O) groups excluding carboxylic acids is 2. The molecule has 0 spiro atoms. The minimum absolute atomic E-state index is 0.0584. The Morgan fingerprint density at radius 3 is 2.31 bits per heavy atom. The van der Waals surface area contributed by atoms with Gasteiger partial charge in [0, 0.05) is 12.2 Å². The van der Waals surface area contributed by atoms with Crippen molar-refractivity contribution in [1.82, 2.24) is 4.90 Å². The number of rotatable bonds is 4. The van der Waals surface area contributed by atoms with Gasteiger partial charge < -0.3 is 4.74 Å². The summed E-state index contributed by atoms with van der Waals surface area (Å²) in [5, 5.41) is 0. The Bertz CT molecular complexity index is 227. The zero-order chi connectivity index (χ0) is 9.84. The van der Waals surface area contributed by atoms with Gasteiger partial charge in [0.25, 0.3) is 11.8 Å². The lowest BCUT2D eigenvalue weighted by Crippen LogP contribution is -2.32. The highest BCUT2D eigenvalue weighted by Crippen LogP contribution is 2.03. The van der Waals surface area contributed by atoms with Crippen LogP contribution < -0.4 is 0 Å². The Morgan fingerprint density at radius 2 is 1.85 bits per heavy atom. The largest absolute Gasteiger partial charge is 0.360 e. The third-order valence-corrected chi connectivity index (χ3v) is 1.57. The molecule has 1 heterocycles. The summed E-state index contributed by atoms with van der Waals surface area (Å²) in [6.07, 6.45) is 2.50. The molecule has 2 amide bonds. The molecule has 1 aliphatic heterocycles. The van der Waals surface area contributed by atoms with Crippen LogP contribution in [0.15, 0.2) is 12.2 Å². The number of imide groups is 1. The molecular weight excluding hydrogens is 170 g/mol. The molecule has 1 aliphatic rings. The molecule has 0 aliphatic carbocycles. The third-order valence-electron chi connectivity index (χ3n) is 1.57. The zero-order valence-corrected chi connectivity index (χ0v) is 7.82. The highest BCUT2D eigenvalue weighted by molar-refractivity contribution is 6.12. The van der Waals surface area contributed by atoms with Crippen molar-refractivity contribution in [3.8, 4) is 0 Å². The van der Waals surface area contributed by atoms with E-state index in [0.717, 1.165) is 4.90 Å². The van der Waals surface area contributed by atoms with Crippen molar-refractivity contribution < 1.29 is 14.3 Å². The lowest BCUT2D eigenvalue weighted by atomic mass is 10.2. The van der Waals surface area contributed by atoms with Crippen molar-refractivity contribution in [3.63, 3.8) is 0 Å². The number of amides is 2. The van der Waals surface area contributed by atoms with Crippen LogP contribution in [-0.4, -0.2) is 30.1 Å². The topological polar surface area (TPSA) is 46.6 Å². The van der Waals surface area contributed by atoms with Gasteiger partial charge in [0.15, 0.2) is 0 Å². The molecule has 0 N–H and O–H groups in total. The molecule has 4 nitrogen and oxygen atoms in total. The molecule has 0 radical (unpaired) electrons. The average molecular weight is 183 g/mol. The second-order valence-corrected chi connectivity index (χ2v) is 3.33. The van der Waals surface area contributed by atoms with Crippen molar-refractivity contribution in [2.45, 2.75) is 13.8 Å². The van der Waals surface area contributed by atoms with Gasteiger partial charge in [-0.3, -0.25) is 14.5 Å². The van der Waals surface area contributed by atoms with Crippen LogP contribution >= 0.6 is 0 Å². The fourth-order valence-electron chi connectivity index (χ4n) is 0.938. The molecule has 0 atom stereocenters. The Morgan fingerprint density at radius 1 is 1.31 bits per heavy atom. The van der Waals surface area contributed by atoms with E-state index in [4.69, 9.17) is 4.74 Å². The summed E-state index contributed by atoms with van der Waals surface area (Å²) >= 11 is 0. The second kappa shape index (κ2) is 4.18. The summed E-state index contributed by atoms with van der Waals surface area (Å²) in [5.74, 6) is -0.191.